The van der Waals surface area contributed by atoms with Crippen molar-refractivity contribution in [1.82, 2.24) is 35.3 Å². The van der Waals surface area contributed by atoms with Crippen molar-refractivity contribution in [3.63, 3.8) is 0 Å². The molecule has 216 valence electrons. The summed E-state index contributed by atoms with van der Waals surface area (Å²) < 4.78 is 57.9. The SMILES string of the molecule is O=C(Cc1cc(OC(F)(F)F)ccc1F)Nc1cn(CCCCn2cc(C(=O)NCc3cccc(O)c3)nn2)nn1. The molecule has 4 rings (SSSR count). The molecule has 0 bridgehead atoms. The summed E-state index contributed by atoms with van der Waals surface area (Å²) in [5.74, 6) is -2.39. The number of hydrogen-bond acceptors (Lipinski definition) is 8. The molecule has 3 N–H and O–H groups in total. The number of ether oxygens (including phenoxy) is 1. The highest BCUT2D eigenvalue weighted by molar-refractivity contribution is 5.92. The van der Waals surface area contributed by atoms with E-state index in [0.717, 1.165) is 23.8 Å². The van der Waals surface area contributed by atoms with Crippen molar-refractivity contribution in [3.8, 4) is 11.5 Å². The van der Waals surface area contributed by atoms with Crippen LogP contribution in [0.2, 0.25) is 0 Å². The van der Waals surface area contributed by atoms with E-state index < -0.39 is 36.2 Å². The maximum absolute atomic E-state index is 14.0. The van der Waals surface area contributed by atoms with Crippen LogP contribution < -0.4 is 15.4 Å². The topological polar surface area (TPSA) is 149 Å². The number of unbranched alkanes of at least 4 members (excludes halogenated alkanes) is 1. The maximum atomic E-state index is 14.0. The third-order valence-corrected chi connectivity index (χ3v) is 5.57. The molecule has 0 fully saturated rings. The number of alkyl halides is 3. The lowest BCUT2D eigenvalue weighted by Crippen LogP contribution is -2.23. The zero-order valence-corrected chi connectivity index (χ0v) is 21.3. The van der Waals surface area contributed by atoms with Gasteiger partial charge in [-0.1, -0.05) is 22.6 Å². The lowest BCUT2D eigenvalue weighted by Gasteiger charge is -2.10. The normalized spacial score (nSPS) is 11.3. The first-order chi connectivity index (χ1) is 19.5. The van der Waals surface area contributed by atoms with Gasteiger partial charge in [0.2, 0.25) is 5.91 Å². The van der Waals surface area contributed by atoms with Crippen LogP contribution in [0.1, 0.15) is 34.5 Å². The molecule has 0 atom stereocenters. The largest absolute Gasteiger partial charge is 0.573 e. The third-order valence-electron chi connectivity index (χ3n) is 5.57. The van der Waals surface area contributed by atoms with E-state index in [0.29, 0.717) is 25.9 Å². The van der Waals surface area contributed by atoms with Gasteiger partial charge in [-0.2, -0.15) is 0 Å². The average Bonchev–Trinajstić information content (AvgIpc) is 3.56. The molecule has 0 radical (unpaired) electrons. The molecule has 2 heterocycles. The maximum Gasteiger partial charge on any atom is 0.573 e. The number of hydrogen-bond donors (Lipinski definition) is 3. The molecule has 0 aliphatic rings. The van der Waals surface area contributed by atoms with Crippen molar-refractivity contribution in [2.45, 2.75) is 45.3 Å². The monoisotopic (exact) mass is 576 g/mol. The Kier molecular flexibility index (Phi) is 9.11. The van der Waals surface area contributed by atoms with Crippen molar-refractivity contribution >= 4 is 17.6 Å². The van der Waals surface area contributed by atoms with Gasteiger partial charge < -0.3 is 20.5 Å². The Balaban J connectivity index is 1.18. The fraction of sp³-hybridized carbons (Fsp3) is 0.280. The standard InChI is InChI=1S/C25H24F4N8O4/c26-20-7-6-19(41-25(27,28)29)11-17(20)12-23(39)31-22-15-37(35-33-22)9-2-1-8-36-14-21(32-34-36)24(40)30-13-16-4-3-5-18(38)10-16/h3-7,10-11,14-15,38H,1-2,8-9,12-13H2,(H,30,40)(H,31,39). The van der Waals surface area contributed by atoms with Gasteiger partial charge in [-0.05, 0) is 48.7 Å². The summed E-state index contributed by atoms with van der Waals surface area (Å²) in [6.07, 6.45) is -1.20. The fourth-order valence-corrected chi connectivity index (χ4v) is 3.71. The number of rotatable bonds is 12. The number of nitrogens with zero attached hydrogens (tertiary/aromatic N) is 6. The Morgan fingerprint density at radius 2 is 1.71 bits per heavy atom. The van der Waals surface area contributed by atoms with E-state index in [4.69, 9.17) is 0 Å². The van der Waals surface area contributed by atoms with E-state index in [-0.39, 0.29) is 29.4 Å². The van der Waals surface area contributed by atoms with Crippen LogP contribution in [0.3, 0.4) is 0 Å². The number of carbonyl (C=O) groups excluding carboxylic acids is 2. The van der Waals surface area contributed by atoms with Crippen molar-refractivity contribution in [1.29, 1.82) is 0 Å². The molecular formula is C25H24F4N8O4. The van der Waals surface area contributed by atoms with Gasteiger partial charge in [0.15, 0.2) is 11.5 Å². The first-order valence-electron chi connectivity index (χ1n) is 12.2. The molecule has 2 aromatic heterocycles. The van der Waals surface area contributed by atoms with E-state index in [1.807, 2.05) is 0 Å². The lowest BCUT2D eigenvalue weighted by atomic mass is 10.1. The van der Waals surface area contributed by atoms with Crippen LogP contribution in [0.25, 0.3) is 0 Å². The summed E-state index contributed by atoms with van der Waals surface area (Å²) in [6, 6.07) is 8.93. The number of aromatic nitrogens is 6. The molecule has 16 heteroatoms. The summed E-state index contributed by atoms with van der Waals surface area (Å²) in [7, 11) is 0. The Morgan fingerprint density at radius 3 is 2.44 bits per heavy atom. The van der Waals surface area contributed by atoms with E-state index in [2.05, 4.69) is 36.0 Å². The molecule has 41 heavy (non-hydrogen) atoms. The minimum absolute atomic E-state index is 0.0933. The van der Waals surface area contributed by atoms with Gasteiger partial charge in [0, 0.05) is 25.2 Å². The molecular weight excluding hydrogens is 552 g/mol. The molecule has 0 aliphatic carbocycles. The number of anilines is 1. The highest BCUT2D eigenvalue weighted by atomic mass is 19.4. The first kappa shape index (κ1) is 29.0. The third kappa shape index (κ3) is 9.01. The van der Waals surface area contributed by atoms with E-state index in [1.165, 1.54) is 27.8 Å². The number of aromatic hydroxyl groups is 1. The molecule has 12 nitrogen and oxygen atoms in total. The van der Waals surface area contributed by atoms with Crippen LogP contribution in [0, 0.1) is 5.82 Å². The van der Waals surface area contributed by atoms with Gasteiger partial charge in [0.1, 0.15) is 17.3 Å². The molecule has 4 aromatic rings. The first-order valence-corrected chi connectivity index (χ1v) is 12.2. The van der Waals surface area contributed by atoms with E-state index in [9.17, 15) is 32.3 Å². The molecule has 0 saturated carbocycles. The lowest BCUT2D eigenvalue weighted by molar-refractivity contribution is -0.274. The van der Waals surface area contributed by atoms with Gasteiger partial charge in [-0.25, -0.2) is 4.39 Å². The van der Waals surface area contributed by atoms with Crippen molar-refractivity contribution in [2.75, 3.05) is 5.32 Å². The number of benzene rings is 2. The summed E-state index contributed by atoms with van der Waals surface area (Å²) in [6.45, 7) is 1.15. The predicted octanol–water partition coefficient (Wildman–Crippen LogP) is 3.20. The van der Waals surface area contributed by atoms with Crippen LogP contribution in [-0.4, -0.2) is 53.3 Å². The number of aryl methyl sites for hydroxylation is 2. The Labute approximate surface area is 229 Å². The minimum atomic E-state index is -4.94. The number of phenols is 1. The van der Waals surface area contributed by atoms with Crippen LogP contribution >= 0.6 is 0 Å². The molecule has 0 aliphatic heterocycles. The number of phenolic OH excluding ortho intramolecular Hbond substituents is 1. The molecule has 0 spiro atoms. The Bertz CT molecular complexity index is 1500. The smallest absolute Gasteiger partial charge is 0.508 e. The average molecular weight is 577 g/mol. The predicted molar refractivity (Wildman–Crippen MR) is 134 cm³/mol. The van der Waals surface area contributed by atoms with Crippen LogP contribution in [0.5, 0.6) is 11.5 Å². The second kappa shape index (κ2) is 12.9. The van der Waals surface area contributed by atoms with Crippen LogP contribution in [0.4, 0.5) is 23.4 Å². The van der Waals surface area contributed by atoms with Gasteiger partial charge in [-0.3, -0.25) is 19.0 Å². The number of nitrogens with one attached hydrogen (secondary N) is 2. The summed E-state index contributed by atoms with van der Waals surface area (Å²) in [5, 5.41) is 30.2. The zero-order chi connectivity index (χ0) is 29.4. The number of amides is 2. The van der Waals surface area contributed by atoms with Gasteiger partial charge in [0.25, 0.3) is 5.91 Å². The Morgan fingerprint density at radius 1 is 0.976 bits per heavy atom. The highest BCUT2D eigenvalue weighted by Crippen LogP contribution is 2.25. The Hall–Kier alpha value is -5.02. The molecule has 2 amide bonds. The fourth-order valence-electron chi connectivity index (χ4n) is 3.71. The quantitative estimate of drug-likeness (QED) is 0.172. The summed E-state index contributed by atoms with van der Waals surface area (Å²) in [5.41, 5.74) is 0.614. The number of halogens is 4. The molecule has 0 saturated heterocycles. The number of carbonyl (C=O) groups is 2. The van der Waals surface area contributed by atoms with E-state index >= 15 is 0 Å². The van der Waals surface area contributed by atoms with Gasteiger partial charge >= 0.3 is 6.36 Å². The summed E-state index contributed by atoms with van der Waals surface area (Å²) in [4.78, 5) is 24.6. The van der Waals surface area contributed by atoms with Crippen LogP contribution in [-0.2, 0) is 30.8 Å². The minimum Gasteiger partial charge on any atom is -0.508 e. The second-order valence-corrected chi connectivity index (χ2v) is 8.82. The van der Waals surface area contributed by atoms with E-state index in [1.54, 1.807) is 18.2 Å². The van der Waals surface area contributed by atoms with Gasteiger partial charge in [-0.15, -0.1) is 23.4 Å². The highest BCUT2D eigenvalue weighted by Gasteiger charge is 2.31. The summed E-state index contributed by atoms with van der Waals surface area (Å²) >= 11 is 0. The van der Waals surface area contributed by atoms with Crippen molar-refractivity contribution in [2.24, 2.45) is 0 Å². The molecule has 0 unspecified atom stereocenters. The van der Waals surface area contributed by atoms with Crippen LogP contribution in [0.15, 0.2) is 54.9 Å². The second-order valence-electron chi connectivity index (χ2n) is 8.82. The van der Waals surface area contributed by atoms with Crippen molar-refractivity contribution < 1.29 is 37.0 Å². The van der Waals surface area contributed by atoms with Crippen molar-refractivity contribution in [3.05, 3.63) is 77.5 Å². The molecule has 2 aromatic carbocycles. The zero-order valence-electron chi connectivity index (χ0n) is 21.3. The van der Waals surface area contributed by atoms with Gasteiger partial charge in [0.05, 0.1) is 18.8 Å².